The van der Waals surface area contributed by atoms with Crippen molar-refractivity contribution < 1.29 is 17.6 Å². The third-order valence-electron chi connectivity index (χ3n) is 4.41. The van der Waals surface area contributed by atoms with E-state index < -0.39 is 9.84 Å². The van der Waals surface area contributed by atoms with Crippen molar-refractivity contribution in [1.29, 1.82) is 0 Å². The first-order valence-corrected chi connectivity index (χ1v) is 11.3. The normalized spacial score (nSPS) is 11.3. The average Bonchev–Trinajstić information content (AvgIpc) is 3.20. The van der Waals surface area contributed by atoms with Gasteiger partial charge < -0.3 is 14.5 Å². The highest BCUT2D eigenvalue weighted by atomic mass is 35.5. The first-order chi connectivity index (χ1) is 14.9. The number of sulfone groups is 1. The number of nitrogens with one attached hydrogen (secondary N) is 1. The van der Waals surface area contributed by atoms with Crippen LogP contribution in [-0.4, -0.2) is 20.5 Å². The molecule has 0 unspecified atom stereocenters. The summed E-state index contributed by atoms with van der Waals surface area (Å²) in [6, 6.07) is 19.6. The zero-order valence-electron chi connectivity index (χ0n) is 16.2. The number of anilines is 2. The first-order valence-electron chi connectivity index (χ1n) is 9.05. The lowest BCUT2D eigenvalue weighted by molar-refractivity contribution is 0.415. The fourth-order valence-corrected chi connectivity index (χ4v) is 4.32. The number of benzene rings is 3. The predicted molar refractivity (Wildman–Crippen MR) is 120 cm³/mol. The van der Waals surface area contributed by atoms with E-state index in [1.807, 2.05) is 0 Å². The molecule has 158 valence electrons. The molecule has 3 aromatic carbocycles. The highest BCUT2D eigenvalue weighted by Gasteiger charge is 2.28. The van der Waals surface area contributed by atoms with E-state index in [-0.39, 0.29) is 21.7 Å². The van der Waals surface area contributed by atoms with Crippen molar-refractivity contribution in [1.82, 2.24) is 4.98 Å². The molecule has 1 heterocycles. The lowest BCUT2D eigenvalue weighted by atomic mass is 10.2. The lowest BCUT2D eigenvalue weighted by Gasteiger charge is -2.07. The zero-order chi connectivity index (χ0) is 22.0. The molecule has 0 saturated heterocycles. The van der Waals surface area contributed by atoms with Gasteiger partial charge in [-0.2, -0.15) is 4.98 Å². The van der Waals surface area contributed by atoms with Gasteiger partial charge in [0.05, 0.1) is 12.0 Å². The van der Waals surface area contributed by atoms with Crippen molar-refractivity contribution in [3.63, 3.8) is 0 Å². The van der Waals surface area contributed by atoms with E-state index in [4.69, 9.17) is 32.4 Å². The van der Waals surface area contributed by atoms with Crippen LogP contribution in [-0.2, 0) is 9.84 Å². The lowest BCUT2D eigenvalue weighted by Crippen LogP contribution is -2.05. The first kappa shape index (κ1) is 21.2. The molecule has 0 radical (unpaired) electrons. The monoisotopic (exact) mass is 474 g/mol. The molecule has 31 heavy (non-hydrogen) atoms. The standard InChI is InChI=1S/C22H16Cl2N2O4S/c1-29-18-10-8-17(9-11-18)25-21-22(31(27,28)19-12-6-16(24)7-13-19)26-20(30-21)14-2-4-15(23)5-3-14/h2-13,25H,1H3. The van der Waals surface area contributed by atoms with Crippen LogP contribution in [0.1, 0.15) is 0 Å². The van der Waals surface area contributed by atoms with Gasteiger partial charge in [-0.25, -0.2) is 8.42 Å². The second kappa shape index (κ2) is 8.63. The quantitative estimate of drug-likeness (QED) is 0.356. The Labute approximate surface area is 189 Å². The van der Waals surface area contributed by atoms with Gasteiger partial charge in [-0.05, 0) is 72.8 Å². The minimum absolute atomic E-state index is 0.00920. The van der Waals surface area contributed by atoms with Crippen LogP contribution in [0, 0.1) is 0 Å². The van der Waals surface area contributed by atoms with Gasteiger partial charge in [0.25, 0.3) is 0 Å². The minimum atomic E-state index is -3.99. The van der Waals surface area contributed by atoms with Gasteiger partial charge in [0.1, 0.15) is 5.75 Å². The summed E-state index contributed by atoms with van der Waals surface area (Å²) in [4.78, 5) is 4.34. The van der Waals surface area contributed by atoms with Crippen LogP contribution < -0.4 is 10.1 Å². The summed E-state index contributed by atoms with van der Waals surface area (Å²) in [5, 5.41) is 3.73. The van der Waals surface area contributed by atoms with Gasteiger partial charge in [0.15, 0.2) is 0 Å². The van der Waals surface area contributed by atoms with Crippen molar-refractivity contribution in [3.05, 3.63) is 82.8 Å². The molecule has 0 spiro atoms. The number of rotatable bonds is 6. The largest absolute Gasteiger partial charge is 0.497 e. The summed E-state index contributed by atoms with van der Waals surface area (Å²) in [6.07, 6.45) is 0. The summed E-state index contributed by atoms with van der Waals surface area (Å²) >= 11 is 11.9. The van der Waals surface area contributed by atoms with Crippen LogP contribution in [0.3, 0.4) is 0 Å². The van der Waals surface area contributed by atoms with Crippen molar-refractivity contribution in [3.8, 4) is 17.2 Å². The van der Waals surface area contributed by atoms with Crippen LogP contribution in [0.15, 0.2) is 87.1 Å². The number of oxazole rings is 1. The summed E-state index contributed by atoms with van der Waals surface area (Å²) in [5.74, 6) is 0.796. The van der Waals surface area contributed by atoms with E-state index in [9.17, 15) is 8.42 Å². The van der Waals surface area contributed by atoms with Gasteiger partial charge in [-0.3, -0.25) is 0 Å². The number of halogens is 2. The number of ether oxygens (including phenoxy) is 1. The molecule has 0 bridgehead atoms. The molecule has 0 fully saturated rings. The van der Waals surface area contributed by atoms with E-state index in [1.165, 1.54) is 24.3 Å². The molecule has 6 nitrogen and oxygen atoms in total. The Morgan fingerprint density at radius 1 is 0.871 bits per heavy atom. The Morgan fingerprint density at radius 3 is 2.03 bits per heavy atom. The second-order valence-corrected chi connectivity index (χ2v) is 9.21. The molecular weight excluding hydrogens is 459 g/mol. The maximum absolute atomic E-state index is 13.3. The van der Waals surface area contributed by atoms with Crippen LogP contribution in [0.5, 0.6) is 5.75 Å². The number of nitrogens with zero attached hydrogens (tertiary/aromatic N) is 1. The molecular formula is C22H16Cl2N2O4S. The molecule has 0 aliphatic rings. The predicted octanol–water partition coefficient (Wildman–Crippen LogP) is 6.23. The molecule has 0 atom stereocenters. The van der Waals surface area contributed by atoms with Crippen molar-refractivity contribution in [2.45, 2.75) is 9.92 Å². The van der Waals surface area contributed by atoms with Crippen molar-refractivity contribution in [2.75, 3.05) is 12.4 Å². The maximum atomic E-state index is 13.3. The molecule has 0 saturated carbocycles. The fourth-order valence-electron chi connectivity index (χ4n) is 2.81. The Kier molecular flexibility index (Phi) is 5.91. The smallest absolute Gasteiger partial charge is 0.238 e. The van der Waals surface area contributed by atoms with E-state index in [0.29, 0.717) is 27.0 Å². The second-order valence-electron chi connectivity index (χ2n) is 6.47. The third kappa shape index (κ3) is 4.54. The Balaban J connectivity index is 1.81. The van der Waals surface area contributed by atoms with E-state index in [2.05, 4.69) is 10.3 Å². The van der Waals surface area contributed by atoms with Gasteiger partial charge in [-0.1, -0.05) is 23.2 Å². The van der Waals surface area contributed by atoms with E-state index in [0.717, 1.165) is 0 Å². The molecule has 0 aliphatic heterocycles. The van der Waals surface area contributed by atoms with Gasteiger partial charge in [0, 0.05) is 21.3 Å². The number of aromatic nitrogens is 1. The SMILES string of the molecule is COc1ccc(Nc2oc(-c3ccc(Cl)cc3)nc2S(=O)(=O)c2ccc(Cl)cc2)cc1. The highest BCUT2D eigenvalue weighted by molar-refractivity contribution is 7.91. The molecule has 0 amide bonds. The average molecular weight is 475 g/mol. The summed E-state index contributed by atoms with van der Waals surface area (Å²) in [6.45, 7) is 0. The third-order valence-corrected chi connectivity index (χ3v) is 6.60. The maximum Gasteiger partial charge on any atom is 0.238 e. The Morgan fingerprint density at radius 2 is 1.45 bits per heavy atom. The van der Waals surface area contributed by atoms with Crippen LogP contribution in [0.25, 0.3) is 11.5 Å². The van der Waals surface area contributed by atoms with Crippen LogP contribution in [0.4, 0.5) is 11.6 Å². The number of hydrogen-bond acceptors (Lipinski definition) is 6. The molecule has 1 aromatic heterocycles. The fraction of sp³-hybridized carbons (Fsp3) is 0.0455. The molecule has 4 rings (SSSR count). The van der Waals surface area contributed by atoms with Crippen molar-refractivity contribution >= 4 is 44.6 Å². The number of hydrogen-bond donors (Lipinski definition) is 1. The topological polar surface area (TPSA) is 81.4 Å². The Hall–Kier alpha value is -3.00. The molecule has 4 aromatic rings. The molecule has 0 aliphatic carbocycles. The van der Waals surface area contributed by atoms with E-state index in [1.54, 1.807) is 55.6 Å². The summed E-state index contributed by atoms with van der Waals surface area (Å²) in [5.41, 5.74) is 1.19. The molecule has 9 heteroatoms. The zero-order valence-corrected chi connectivity index (χ0v) is 18.5. The number of methoxy groups -OCH3 is 1. The van der Waals surface area contributed by atoms with Crippen LogP contribution in [0.2, 0.25) is 10.0 Å². The van der Waals surface area contributed by atoms with E-state index >= 15 is 0 Å². The summed E-state index contributed by atoms with van der Waals surface area (Å²) in [7, 11) is -2.43. The Bertz CT molecular complexity index is 1300. The van der Waals surface area contributed by atoms with Crippen molar-refractivity contribution in [2.24, 2.45) is 0 Å². The van der Waals surface area contributed by atoms with Crippen LogP contribution >= 0.6 is 23.2 Å². The molecule has 1 N–H and O–H groups in total. The minimum Gasteiger partial charge on any atom is -0.497 e. The summed E-state index contributed by atoms with van der Waals surface area (Å²) < 4.78 is 37.6. The highest BCUT2D eigenvalue weighted by Crippen LogP contribution is 2.35. The van der Waals surface area contributed by atoms with Gasteiger partial charge in [-0.15, -0.1) is 0 Å². The van der Waals surface area contributed by atoms with Gasteiger partial charge >= 0.3 is 0 Å². The van der Waals surface area contributed by atoms with Gasteiger partial charge in [0.2, 0.25) is 26.6 Å².